The van der Waals surface area contributed by atoms with E-state index in [2.05, 4.69) is 13.8 Å². The van der Waals surface area contributed by atoms with Crippen LogP contribution in [0, 0.1) is 23.5 Å². The average Bonchev–Trinajstić information content (AvgIpc) is 2.26. The van der Waals surface area contributed by atoms with Gasteiger partial charge in [0.2, 0.25) is 0 Å². The summed E-state index contributed by atoms with van der Waals surface area (Å²) in [5.74, 6) is -0.567. The highest BCUT2D eigenvalue weighted by atomic mass is 19.1. The van der Waals surface area contributed by atoms with Gasteiger partial charge in [0.1, 0.15) is 11.6 Å². The van der Waals surface area contributed by atoms with Crippen molar-refractivity contribution in [2.45, 2.75) is 51.6 Å². The van der Waals surface area contributed by atoms with E-state index in [0.717, 1.165) is 25.3 Å². The van der Waals surface area contributed by atoms with Gasteiger partial charge in [-0.1, -0.05) is 26.7 Å². The smallest absolute Gasteiger partial charge is 0.126 e. The summed E-state index contributed by atoms with van der Waals surface area (Å²) in [5, 5.41) is 10.9. The van der Waals surface area contributed by atoms with E-state index in [1.807, 2.05) is 0 Å². The fourth-order valence-corrected chi connectivity index (χ4v) is 3.49. The molecule has 1 N–H and O–H groups in total. The molecule has 0 aliphatic heterocycles. The number of benzene rings is 1. The molecule has 1 aliphatic rings. The molecular weight excluding hydrogens is 246 g/mol. The highest BCUT2D eigenvalue weighted by Gasteiger charge is 2.40. The SMILES string of the molecule is CC(C)C1CCCCC1(O)Cc1cc(F)cc(F)c1. The number of halogens is 2. The predicted molar refractivity (Wildman–Crippen MR) is 71.8 cm³/mol. The number of hydrogen-bond acceptors (Lipinski definition) is 1. The monoisotopic (exact) mass is 268 g/mol. The summed E-state index contributed by atoms with van der Waals surface area (Å²) >= 11 is 0. The second-order valence-electron chi connectivity index (χ2n) is 6.15. The molecule has 2 atom stereocenters. The van der Waals surface area contributed by atoms with Crippen molar-refractivity contribution < 1.29 is 13.9 Å². The zero-order valence-corrected chi connectivity index (χ0v) is 11.6. The summed E-state index contributed by atoms with van der Waals surface area (Å²) in [6.45, 7) is 4.21. The molecule has 19 heavy (non-hydrogen) atoms. The second kappa shape index (κ2) is 5.58. The molecule has 0 radical (unpaired) electrons. The second-order valence-corrected chi connectivity index (χ2v) is 6.15. The third kappa shape index (κ3) is 3.33. The first-order chi connectivity index (χ1) is 8.90. The van der Waals surface area contributed by atoms with Crippen molar-refractivity contribution in [2.75, 3.05) is 0 Å². The Kier molecular flexibility index (Phi) is 4.24. The van der Waals surface area contributed by atoms with Crippen LogP contribution in [0.25, 0.3) is 0 Å². The van der Waals surface area contributed by atoms with Gasteiger partial charge in [0.25, 0.3) is 0 Å². The Labute approximate surface area is 113 Å². The molecule has 1 aromatic rings. The minimum absolute atomic E-state index is 0.201. The number of aliphatic hydroxyl groups is 1. The summed E-state index contributed by atoms with van der Waals surface area (Å²) in [6.07, 6.45) is 4.16. The van der Waals surface area contributed by atoms with Crippen molar-refractivity contribution in [3.8, 4) is 0 Å². The summed E-state index contributed by atoms with van der Waals surface area (Å²) in [5.41, 5.74) is -0.278. The lowest BCUT2D eigenvalue weighted by Gasteiger charge is -2.42. The maximum Gasteiger partial charge on any atom is 0.126 e. The Morgan fingerprint density at radius 1 is 1.21 bits per heavy atom. The highest BCUT2D eigenvalue weighted by molar-refractivity contribution is 5.20. The van der Waals surface area contributed by atoms with Crippen molar-refractivity contribution in [1.29, 1.82) is 0 Å². The third-order valence-corrected chi connectivity index (χ3v) is 4.30. The molecule has 1 aromatic carbocycles. The molecule has 0 heterocycles. The summed E-state index contributed by atoms with van der Waals surface area (Å²) in [4.78, 5) is 0. The molecular formula is C16H22F2O. The molecule has 0 saturated heterocycles. The van der Waals surface area contributed by atoms with Gasteiger partial charge in [0.05, 0.1) is 5.60 Å². The predicted octanol–water partition coefficient (Wildman–Crippen LogP) is 4.08. The van der Waals surface area contributed by atoms with E-state index < -0.39 is 17.2 Å². The molecule has 2 rings (SSSR count). The summed E-state index contributed by atoms with van der Waals surface area (Å²) in [7, 11) is 0. The fraction of sp³-hybridized carbons (Fsp3) is 0.625. The van der Waals surface area contributed by atoms with Gasteiger partial charge in [-0.25, -0.2) is 8.78 Å². The van der Waals surface area contributed by atoms with Gasteiger partial charge in [-0.15, -0.1) is 0 Å². The van der Waals surface area contributed by atoms with Crippen LogP contribution in [-0.4, -0.2) is 10.7 Å². The molecule has 2 unspecified atom stereocenters. The minimum atomic E-state index is -0.827. The van der Waals surface area contributed by atoms with Crippen molar-refractivity contribution in [3.05, 3.63) is 35.4 Å². The quantitative estimate of drug-likeness (QED) is 0.875. The molecule has 106 valence electrons. The maximum absolute atomic E-state index is 13.2. The largest absolute Gasteiger partial charge is 0.389 e. The van der Waals surface area contributed by atoms with Crippen LogP contribution in [0.4, 0.5) is 8.78 Å². The molecule has 0 spiro atoms. The van der Waals surface area contributed by atoms with Crippen molar-refractivity contribution in [1.82, 2.24) is 0 Å². The molecule has 0 amide bonds. The number of hydrogen-bond donors (Lipinski definition) is 1. The van der Waals surface area contributed by atoms with Gasteiger partial charge in [0, 0.05) is 12.5 Å². The lowest BCUT2D eigenvalue weighted by molar-refractivity contribution is -0.0653. The van der Waals surface area contributed by atoms with Crippen molar-refractivity contribution in [3.63, 3.8) is 0 Å². The normalized spacial score (nSPS) is 27.8. The molecule has 0 bridgehead atoms. The van der Waals surface area contributed by atoms with Gasteiger partial charge in [-0.2, -0.15) is 0 Å². The lowest BCUT2D eigenvalue weighted by atomic mass is 9.68. The van der Waals surface area contributed by atoms with Crippen LogP contribution in [0.2, 0.25) is 0 Å². The van der Waals surface area contributed by atoms with E-state index >= 15 is 0 Å². The highest BCUT2D eigenvalue weighted by Crippen LogP contribution is 2.40. The molecule has 1 saturated carbocycles. The first-order valence-electron chi connectivity index (χ1n) is 7.08. The zero-order valence-electron chi connectivity index (χ0n) is 11.6. The summed E-state index contributed by atoms with van der Waals surface area (Å²) in [6, 6.07) is 3.52. The number of rotatable bonds is 3. The van der Waals surface area contributed by atoms with Crippen molar-refractivity contribution in [2.24, 2.45) is 11.8 Å². The fourth-order valence-electron chi connectivity index (χ4n) is 3.49. The molecule has 0 aromatic heterocycles. The summed E-state index contributed by atoms with van der Waals surface area (Å²) < 4.78 is 26.5. The minimum Gasteiger partial charge on any atom is -0.389 e. The van der Waals surface area contributed by atoms with E-state index in [1.165, 1.54) is 12.1 Å². The Balaban J connectivity index is 2.23. The standard InChI is InChI=1S/C16H22F2O/c1-11(2)15-5-3-4-6-16(15,19)10-12-7-13(17)9-14(18)8-12/h7-9,11,15,19H,3-6,10H2,1-2H3. The van der Waals surface area contributed by atoms with Gasteiger partial charge in [-0.3, -0.25) is 0 Å². The van der Waals surface area contributed by atoms with E-state index in [1.54, 1.807) is 0 Å². The lowest BCUT2D eigenvalue weighted by Crippen LogP contribution is -2.45. The van der Waals surface area contributed by atoms with Crippen LogP contribution in [0.1, 0.15) is 45.1 Å². The van der Waals surface area contributed by atoms with Gasteiger partial charge >= 0.3 is 0 Å². The molecule has 1 fully saturated rings. The third-order valence-electron chi connectivity index (χ3n) is 4.30. The van der Waals surface area contributed by atoms with E-state index in [-0.39, 0.29) is 5.92 Å². The first-order valence-corrected chi connectivity index (χ1v) is 7.08. The maximum atomic E-state index is 13.2. The van der Waals surface area contributed by atoms with Crippen LogP contribution in [0.3, 0.4) is 0 Å². The Bertz CT molecular complexity index is 424. The molecule has 3 heteroatoms. The van der Waals surface area contributed by atoms with Crippen LogP contribution in [-0.2, 0) is 6.42 Å². The zero-order chi connectivity index (χ0) is 14.0. The average molecular weight is 268 g/mol. The Morgan fingerprint density at radius 2 is 1.84 bits per heavy atom. The van der Waals surface area contributed by atoms with Gasteiger partial charge in [0.15, 0.2) is 0 Å². The topological polar surface area (TPSA) is 20.2 Å². The van der Waals surface area contributed by atoms with E-state index in [4.69, 9.17) is 0 Å². The first kappa shape index (κ1) is 14.4. The van der Waals surface area contributed by atoms with Gasteiger partial charge < -0.3 is 5.11 Å². The van der Waals surface area contributed by atoms with Crippen LogP contribution in [0.15, 0.2) is 18.2 Å². The van der Waals surface area contributed by atoms with Gasteiger partial charge in [-0.05, 0) is 42.4 Å². The van der Waals surface area contributed by atoms with Crippen LogP contribution < -0.4 is 0 Å². The van der Waals surface area contributed by atoms with E-state index in [9.17, 15) is 13.9 Å². The molecule has 1 nitrogen and oxygen atoms in total. The van der Waals surface area contributed by atoms with E-state index in [0.29, 0.717) is 24.3 Å². The van der Waals surface area contributed by atoms with Crippen LogP contribution in [0.5, 0.6) is 0 Å². The van der Waals surface area contributed by atoms with Crippen LogP contribution >= 0.6 is 0 Å². The Hall–Kier alpha value is -0.960. The Morgan fingerprint density at radius 3 is 2.42 bits per heavy atom. The van der Waals surface area contributed by atoms with Crippen molar-refractivity contribution >= 4 is 0 Å². The molecule has 1 aliphatic carbocycles.